The summed E-state index contributed by atoms with van der Waals surface area (Å²) in [6.07, 6.45) is -12.4. The lowest BCUT2D eigenvalue weighted by molar-refractivity contribution is -0.253. The molecule has 0 aromatic heterocycles. The number of aliphatic hydroxyl groups excluding tert-OH is 6. The van der Waals surface area contributed by atoms with Crippen molar-refractivity contribution in [1.29, 1.82) is 0 Å². The number of nitrogens with one attached hydrogen (secondary N) is 1. The van der Waals surface area contributed by atoms with Gasteiger partial charge >= 0.3 is 11.9 Å². The topological polar surface area (TPSA) is 251 Å². The maximum Gasteiger partial charge on any atom is 0.349 e. The fraction of sp³-hybridized carbons (Fsp3) is 0.636. The highest BCUT2D eigenvalue weighted by molar-refractivity contribution is 6.00. The molecule has 2 aliphatic heterocycles. The van der Waals surface area contributed by atoms with Crippen molar-refractivity contribution in [2.24, 2.45) is 5.92 Å². The van der Waals surface area contributed by atoms with E-state index in [0.717, 1.165) is 12.1 Å². The van der Waals surface area contributed by atoms with Crippen LogP contribution in [0.3, 0.4) is 0 Å². The Balaban J connectivity index is 1.63. The van der Waals surface area contributed by atoms with Crippen LogP contribution in [-0.4, -0.2) is 130 Å². The summed E-state index contributed by atoms with van der Waals surface area (Å²) in [5.41, 5.74) is 5.25. The molecule has 4 unspecified atom stereocenters. The number of nitrogen functional groups attached to an aromatic ring is 1. The van der Waals surface area contributed by atoms with Gasteiger partial charge in [0.15, 0.2) is 12.4 Å². The average Bonchev–Trinajstić information content (AvgIpc) is 2.86. The Bertz CT molecular complexity index is 949. The van der Waals surface area contributed by atoms with Crippen LogP contribution in [0.2, 0.25) is 0 Å². The second kappa shape index (κ2) is 12.4. The molecule has 2 aliphatic rings. The molecule has 1 aromatic rings. The van der Waals surface area contributed by atoms with E-state index in [2.05, 4.69) is 10.1 Å². The molecule has 0 spiro atoms. The molecule has 208 valence electrons. The lowest BCUT2D eigenvalue weighted by Gasteiger charge is -2.43. The zero-order valence-corrected chi connectivity index (χ0v) is 19.8. The number of ether oxygens (including phenoxy) is 4. The van der Waals surface area contributed by atoms with Gasteiger partial charge in [0.1, 0.15) is 35.7 Å². The molecule has 0 bridgehead atoms. The average molecular weight is 532 g/mol. The predicted molar refractivity (Wildman–Crippen MR) is 121 cm³/mol. The van der Waals surface area contributed by atoms with Crippen LogP contribution in [0.4, 0.5) is 5.69 Å². The van der Waals surface area contributed by atoms with Gasteiger partial charge in [0.05, 0.1) is 38.1 Å². The lowest BCUT2D eigenvalue weighted by atomic mass is 9.88. The number of rotatable bonds is 8. The molecule has 2 saturated heterocycles. The molecule has 0 aliphatic carbocycles. The van der Waals surface area contributed by atoms with Gasteiger partial charge in [-0.15, -0.1) is 0 Å². The molecule has 15 heteroatoms. The van der Waals surface area contributed by atoms with Gasteiger partial charge in [0.2, 0.25) is 0 Å². The number of phenolic OH excluding ortho intramolecular Hbond substituents is 1. The molecule has 2 fully saturated rings. The number of esters is 2. The summed E-state index contributed by atoms with van der Waals surface area (Å²) < 4.78 is 20.8. The van der Waals surface area contributed by atoms with E-state index in [1.54, 1.807) is 0 Å². The highest BCUT2D eigenvalue weighted by atomic mass is 16.6. The van der Waals surface area contributed by atoms with Crippen LogP contribution in [0, 0.1) is 5.92 Å². The number of benzene rings is 1. The van der Waals surface area contributed by atoms with Crippen molar-refractivity contribution in [2.75, 3.05) is 32.6 Å². The second-order valence-corrected chi connectivity index (χ2v) is 8.81. The molecule has 10 N–H and O–H groups in total. The lowest BCUT2D eigenvalue weighted by Crippen LogP contribution is -2.62. The minimum Gasteiger partial charge on any atom is -0.507 e. The van der Waals surface area contributed by atoms with Gasteiger partial charge in [0.25, 0.3) is 0 Å². The highest BCUT2D eigenvalue weighted by Gasteiger charge is 2.49. The number of anilines is 1. The summed E-state index contributed by atoms with van der Waals surface area (Å²) in [4.78, 5) is 24.9. The number of likely N-dealkylation sites (N-methyl/N-ethyl adjacent to an activating group) is 1. The maximum atomic E-state index is 12.5. The Morgan fingerprint density at radius 3 is 2.35 bits per heavy atom. The Morgan fingerprint density at radius 2 is 1.70 bits per heavy atom. The minimum atomic E-state index is -1.97. The van der Waals surface area contributed by atoms with Crippen molar-refractivity contribution in [1.82, 2.24) is 5.32 Å². The summed E-state index contributed by atoms with van der Waals surface area (Å²) in [6.45, 7) is -1.23. The maximum absolute atomic E-state index is 12.5. The number of nitrogens with two attached hydrogens (primary N) is 1. The van der Waals surface area contributed by atoms with E-state index >= 15 is 0 Å². The van der Waals surface area contributed by atoms with Crippen molar-refractivity contribution < 1.29 is 64.3 Å². The van der Waals surface area contributed by atoms with Crippen LogP contribution in [0.15, 0.2) is 18.2 Å². The number of aliphatic hydroxyl groups is 6. The van der Waals surface area contributed by atoms with Gasteiger partial charge in [-0.05, 0) is 25.2 Å². The van der Waals surface area contributed by atoms with Crippen LogP contribution >= 0.6 is 0 Å². The number of carbonyl (C=O) groups is 2. The van der Waals surface area contributed by atoms with Crippen molar-refractivity contribution in [3.63, 3.8) is 0 Å². The molecule has 0 radical (unpaired) electrons. The molecule has 10 atom stereocenters. The first-order chi connectivity index (χ1) is 17.5. The third-order valence-electron chi connectivity index (χ3n) is 6.39. The Hall–Kier alpha value is -2.44. The number of carbonyl (C=O) groups excluding carboxylic acids is 2. The summed E-state index contributed by atoms with van der Waals surface area (Å²) in [6, 6.07) is 2.62. The Morgan fingerprint density at radius 1 is 1.00 bits per heavy atom. The smallest absolute Gasteiger partial charge is 0.349 e. The summed E-state index contributed by atoms with van der Waals surface area (Å²) in [7, 11) is 1.49. The molecule has 2 heterocycles. The summed E-state index contributed by atoms with van der Waals surface area (Å²) in [5, 5.41) is 73.3. The van der Waals surface area contributed by atoms with E-state index in [0.29, 0.717) is 0 Å². The molecule has 0 amide bonds. The number of phenols is 1. The van der Waals surface area contributed by atoms with Gasteiger partial charge in [0, 0.05) is 11.6 Å². The first-order valence-corrected chi connectivity index (χ1v) is 11.4. The minimum absolute atomic E-state index is 0.106. The molecule has 3 rings (SSSR count). The largest absolute Gasteiger partial charge is 0.507 e. The Kier molecular flexibility index (Phi) is 9.76. The van der Waals surface area contributed by atoms with Gasteiger partial charge in [-0.2, -0.15) is 0 Å². The third kappa shape index (κ3) is 6.35. The van der Waals surface area contributed by atoms with E-state index in [-0.39, 0.29) is 12.3 Å². The van der Waals surface area contributed by atoms with Gasteiger partial charge < -0.3 is 65.7 Å². The van der Waals surface area contributed by atoms with E-state index in [4.69, 9.17) is 19.9 Å². The number of aromatic hydroxyl groups is 1. The molecule has 1 aromatic carbocycles. The second-order valence-electron chi connectivity index (χ2n) is 8.81. The monoisotopic (exact) mass is 532 g/mol. The summed E-state index contributed by atoms with van der Waals surface area (Å²) in [5.74, 6) is -4.02. The number of hydrogen-bond donors (Lipinski definition) is 9. The van der Waals surface area contributed by atoms with E-state index in [9.17, 15) is 45.3 Å². The normalized spacial score (nSPS) is 36.2. The van der Waals surface area contributed by atoms with Crippen LogP contribution in [0.1, 0.15) is 10.4 Å². The SMILES string of the molecule is CNC1[C@H](O)OC(CO)[C@H](COC[C@@H]2OC(C(=O)OC(=O)c3cc(N)ccc3O)[C@H](O)[C@H](O)C2O)[C@@H]1O. The van der Waals surface area contributed by atoms with Crippen LogP contribution in [0.25, 0.3) is 0 Å². The molecule has 37 heavy (non-hydrogen) atoms. The Labute approximate surface area is 210 Å². The van der Waals surface area contributed by atoms with Crippen molar-refractivity contribution in [3.8, 4) is 5.75 Å². The molecule has 0 saturated carbocycles. The quantitative estimate of drug-likeness (QED) is 0.0666. The van der Waals surface area contributed by atoms with Crippen molar-refractivity contribution in [2.45, 2.75) is 55.1 Å². The standard InChI is InChI=1S/C22H32N2O13/c1-24-14-15(27)10(12(5-25)36-21(14)32)6-34-7-13-16(28)17(29)18(30)19(35-13)22(33)37-20(31)9-4-8(23)2-3-11(9)26/h2-4,10,12-19,21,24-30,32H,5-7,23H2,1H3/t10-,12?,13-,14?,15-,16?,17+,18+,19?,21+/m0/s1. The van der Waals surface area contributed by atoms with Gasteiger partial charge in [-0.1, -0.05) is 0 Å². The zero-order chi connectivity index (χ0) is 27.4. The zero-order valence-electron chi connectivity index (χ0n) is 19.8. The number of hydrogen-bond acceptors (Lipinski definition) is 15. The fourth-order valence-corrected chi connectivity index (χ4v) is 4.24. The molecule has 15 nitrogen and oxygen atoms in total. The van der Waals surface area contributed by atoms with E-state index in [1.807, 2.05) is 0 Å². The summed E-state index contributed by atoms with van der Waals surface area (Å²) >= 11 is 0. The first-order valence-electron chi connectivity index (χ1n) is 11.4. The van der Waals surface area contributed by atoms with Crippen LogP contribution in [0.5, 0.6) is 5.75 Å². The van der Waals surface area contributed by atoms with E-state index < -0.39 is 97.4 Å². The van der Waals surface area contributed by atoms with Crippen molar-refractivity contribution in [3.05, 3.63) is 23.8 Å². The van der Waals surface area contributed by atoms with Gasteiger partial charge in [-0.3, -0.25) is 0 Å². The third-order valence-corrected chi connectivity index (χ3v) is 6.39. The molecular formula is C22H32N2O13. The highest BCUT2D eigenvalue weighted by Crippen LogP contribution is 2.28. The first kappa shape index (κ1) is 29.1. The molecular weight excluding hydrogens is 500 g/mol. The predicted octanol–water partition coefficient (Wildman–Crippen LogP) is -4.20. The van der Waals surface area contributed by atoms with Crippen molar-refractivity contribution >= 4 is 17.6 Å². The van der Waals surface area contributed by atoms with Crippen LogP contribution in [-0.2, 0) is 23.7 Å². The van der Waals surface area contributed by atoms with Crippen LogP contribution < -0.4 is 11.1 Å². The fourth-order valence-electron chi connectivity index (χ4n) is 4.24. The van der Waals surface area contributed by atoms with E-state index in [1.165, 1.54) is 13.1 Å². The van der Waals surface area contributed by atoms with Gasteiger partial charge in [-0.25, -0.2) is 9.59 Å².